The average Bonchev–Trinajstić information content (AvgIpc) is 2.48. The van der Waals surface area contributed by atoms with Gasteiger partial charge in [-0.15, -0.1) is 0 Å². The van der Waals surface area contributed by atoms with Crippen LogP contribution >= 0.6 is 11.6 Å². The number of carboxylic acids is 1. The first-order chi connectivity index (χ1) is 10.1. The highest BCUT2D eigenvalue weighted by molar-refractivity contribution is 6.31. The Labute approximate surface area is 129 Å². The van der Waals surface area contributed by atoms with Crippen molar-refractivity contribution in [2.24, 2.45) is 0 Å². The highest BCUT2D eigenvalue weighted by Gasteiger charge is 2.19. The normalized spacial score (nSPS) is 12.1. The Morgan fingerprint density at radius 1 is 1.19 bits per heavy atom. The minimum Gasteiger partial charge on any atom is -0.479 e. The largest absolute Gasteiger partial charge is 0.479 e. The van der Waals surface area contributed by atoms with Crippen molar-refractivity contribution in [3.8, 4) is 0 Å². The van der Waals surface area contributed by atoms with Gasteiger partial charge in [-0.1, -0.05) is 54.1 Å². The summed E-state index contributed by atoms with van der Waals surface area (Å²) in [5, 5.41) is 9.92. The summed E-state index contributed by atoms with van der Waals surface area (Å²) in [6.07, 6.45) is -0.591. The molecule has 21 heavy (non-hydrogen) atoms. The molecule has 0 amide bonds. The first kappa shape index (κ1) is 15.5. The Bertz CT molecular complexity index is 611. The summed E-state index contributed by atoms with van der Waals surface area (Å²) >= 11 is 6.06. The summed E-state index contributed by atoms with van der Waals surface area (Å²) in [7, 11) is 0. The summed E-state index contributed by atoms with van der Waals surface area (Å²) in [6.45, 7) is 2.18. The van der Waals surface area contributed by atoms with E-state index in [2.05, 4.69) is 0 Å². The number of ether oxygens (including phenoxy) is 1. The number of carbonyl (C=O) groups is 1. The Morgan fingerprint density at radius 3 is 2.52 bits per heavy atom. The molecule has 0 heterocycles. The van der Waals surface area contributed by atoms with Crippen LogP contribution in [0.2, 0.25) is 5.02 Å². The molecule has 0 aliphatic carbocycles. The van der Waals surface area contributed by atoms with Gasteiger partial charge in [0.25, 0.3) is 0 Å². The van der Waals surface area contributed by atoms with Crippen molar-refractivity contribution >= 4 is 17.6 Å². The number of hydrogen-bond donors (Lipinski definition) is 1. The maximum Gasteiger partial charge on any atom is 0.333 e. The van der Waals surface area contributed by atoms with Gasteiger partial charge in [-0.2, -0.15) is 0 Å². The molecule has 0 aromatic heterocycles. The van der Waals surface area contributed by atoms with Crippen LogP contribution < -0.4 is 0 Å². The van der Waals surface area contributed by atoms with Crippen LogP contribution in [0, 0.1) is 6.92 Å². The lowest BCUT2D eigenvalue weighted by Gasteiger charge is -2.14. The molecule has 0 radical (unpaired) electrons. The minimum atomic E-state index is -0.970. The van der Waals surface area contributed by atoms with Crippen LogP contribution in [0.15, 0.2) is 48.5 Å². The van der Waals surface area contributed by atoms with Crippen molar-refractivity contribution in [1.82, 2.24) is 0 Å². The number of aliphatic carboxylic acids is 1. The molecule has 0 aliphatic rings. The molecule has 1 atom stereocenters. The van der Waals surface area contributed by atoms with E-state index in [1.165, 1.54) is 0 Å². The molecular weight excluding hydrogens is 288 g/mol. The fourth-order valence-electron chi connectivity index (χ4n) is 1.97. The number of rotatable bonds is 6. The number of aryl methyl sites for hydroxylation is 1. The van der Waals surface area contributed by atoms with Gasteiger partial charge in [0.05, 0.1) is 6.61 Å². The van der Waals surface area contributed by atoms with E-state index >= 15 is 0 Å². The molecule has 3 nitrogen and oxygen atoms in total. The lowest BCUT2D eigenvalue weighted by Crippen LogP contribution is -2.26. The second-order valence-electron chi connectivity index (χ2n) is 4.91. The molecule has 0 aliphatic heterocycles. The van der Waals surface area contributed by atoms with Crippen LogP contribution in [0.4, 0.5) is 0 Å². The van der Waals surface area contributed by atoms with E-state index in [0.29, 0.717) is 11.4 Å². The van der Waals surface area contributed by atoms with Gasteiger partial charge in [0.2, 0.25) is 0 Å². The van der Waals surface area contributed by atoms with Gasteiger partial charge in [-0.05, 0) is 29.7 Å². The summed E-state index contributed by atoms with van der Waals surface area (Å²) in [6, 6.07) is 15.1. The Balaban J connectivity index is 2.02. The number of carboxylic acid groups (broad SMARTS) is 1. The Morgan fingerprint density at radius 2 is 1.90 bits per heavy atom. The second-order valence-corrected chi connectivity index (χ2v) is 5.32. The summed E-state index contributed by atoms with van der Waals surface area (Å²) in [4.78, 5) is 11.3. The third-order valence-corrected chi connectivity index (χ3v) is 3.63. The van der Waals surface area contributed by atoms with E-state index in [9.17, 15) is 9.90 Å². The molecule has 1 N–H and O–H groups in total. The Kier molecular flexibility index (Phi) is 5.37. The van der Waals surface area contributed by atoms with Crippen LogP contribution in [-0.2, 0) is 22.6 Å². The van der Waals surface area contributed by atoms with E-state index in [1.54, 1.807) is 6.07 Å². The first-order valence-electron chi connectivity index (χ1n) is 6.69. The van der Waals surface area contributed by atoms with Crippen molar-refractivity contribution in [1.29, 1.82) is 0 Å². The van der Waals surface area contributed by atoms with Gasteiger partial charge in [-0.25, -0.2) is 4.79 Å². The molecule has 0 saturated carbocycles. The lowest BCUT2D eigenvalue weighted by molar-refractivity contribution is -0.151. The maximum absolute atomic E-state index is 11.3. The quantitative estimate of drug-likeness (QED) is 0.881. The zero-order chi connectivity index (χ0) is 15.2. The molecule has 0 bridgehead atoms. The van der Waals surface area contributed by atoms with Crippen molar-refractivity contribution in [3.63, 3.8) is 0 Å². The van der Waals surface area contributed by atoms with Crippen LogP contribution in [0.3, 0.4) is 0 Å². The van der Waals surface area contributed by atoms with E-state index in [0.717, 1.165) is 16.7 Å². The van der Waals surface area contributed by atoms with Gasteiger partial charge in [0, 0.05) is 11.4 Å². The highest BCUT2D eigenvalue weighted by Crippen LogP contribution is 2.18. The first-order valence-corrected chi connectivity index (χ1v) is 7.07. The number of halogens is 1. The van der Waals surface area contributed by atoms with Crippen molar-refractivity contribution in [2.75, 3.05) is 0 Å². The molecule has 0 spiro atoms. The van der Waals surface area contributed by atoms with Crippen molar-refractivity contribution < 1.29 is 14.6 Å². The Hall–Kier alpha value is -1.84. The number of benzene rings is 2. The fraction of sp³-hybridized carbons (Fsp3) is 0.235. The van der Waals surface area contributed by atoms with Crippen LogP contribution in [0.1, 0.15) is 16.7 Å². The molecule has 110 valence electrons. The van der Waals surface area contributed by atoms with Crippen molar-refractivity contribution in [2.45, 2.75) is 26.1 Å². The smallest absolute Gasteiger partial charge is 0.333 e. The van der Waals surface area contributed by atoms with E-state index in [1.807, 2.05) is 49.4 Å². The van der Waals surface area contributed by atoms with Gasteiger partial charge in [-0.3, -0.25) is 0 Å². The third kappa shape index (κ3) is 4.59. The van der Waals surface area contributed by atoms with E-state index in [-0.39, 0.29) is 6.61 Å². The molecule has 0 unspecified atom stereocenters. The third-order valence-electron chi connectivity index (χ3n) is 3.23. The molecule has 2 aromatic rings. The zero-order valence-corrected chi connectivity index (χ0v) is 12.5. The summed E-state index contributed by atoms with van der Waals surface area (Å²) in [5.41, 5.74) is 2.77. The highest BCUT2D eigenvalue weighted by atomic mass is 35.5. The van der Waals surface area contributed by atoms with E-state index in [4.69, 9.17) is 16.3 Å². The van der Waals surface area contributed by atoms with Gasteiger partial charge in [0.1, 0.15) is 0 Å². The van der Waals surface area contributed by atoms with Crippen LogP contribution in [0.5, 0.6) is 0 Å². The summed E-state index contributed by atoms with van der Waals surface area (Å²) < 4.78 is 5.52. The molecule has 4 heteroatoms. The number of hydrogen-bond acceptors (Lipinski definition) is 2. The van der Waals surface area contributed by atoms with Crippen LogP contribution in [-0.4, -0.2) is 17.2 Å². The fourth-order valence-corrected chi connectivity index (χ4v) is 2.17. The van der Waals surface area contributed by atoms with Gasteiger partial charge in [0.15, 0.2) is 6.10 Å². The molecule has 2 rings (SSSR count). The molecule has 2 aromatic carbocycles. The minimum absolute atomic E-state index is 0.275. The topological polar surface area (TPSA) is 46.5 Å². The monoisotopic (exact) mass is 304 g/mol. The molecule has 0 fully saturated rings. The zero-order valence-electron chi connectivity index (χ0n) is 11.8. The molecular formula is C17H17ClO3. The second kappa shape index (κ2) is 7.25. The van der Waals surface area contributed by atoms with Crippen LogP contribution in [0.25, 0.3) is 0 Å². The van der Waals surface area contributed by atoms with E-state index < -0.39 is 12.1 Å². The average molecular weight is 305 g/mol. The predicted molar refractivity (Wildman–Crippen MR) is 82.5 cm³/mol. The van der Waals surface area contributed by atoms with Gasteiger partial charge < -0.3 is 9.84 Å². The standard InChI is InChI=1S/C17H17ClO3/c1-12-7-8-14(9-15(12)18)10-16(17(19)20)21-11-13-5-3-2-4-6-13/h2-9,16H,10-11H2,1H3,(H,19,20)/t16-/m1/s1. The predicted octanol–water partition coefficient (Wildman–Crippen LogP) is 3.86. The van der Waals surface area contributed by atoms with Crippen molar-refractivity contribution in [3.05, 3.63) is 70.2 Å². The maximum atomic E-state index is 11.3. The molecule has 0 saturated heterocycles. The lowest BCUT2D eigenvalue weighted by atomic mass is 10.1. The summed E-state index contributed by atoms with van der Waals surface area (Å²) in [5.74, 6) is -0.970. The SMILES string of the molecule is Cc1ccc(C[C@@H](OCc2ccccc2)C(=O)O)cc1Cl. The van der Waals surface area contributed by atoms with Gasteiger partial charge >= 0.3 is 5.97 Å².